The zero-order chi connectivity index (χ0) is 24.4. The normalized spacial score (nSPS) is 24.4. The number of aromatic nitrogens is 4. The predicted molar refractivity (Wildman–Crippen MR) is 130 cm³/mol. The van der Waals surface area contributed by atoms with E-state index in [1.54, 1.807) is 4.57 Å². The Labute approximate surface area is 202 Å². The summed E-state index contributed by atoms with van der Waals surface area (Å²) in [5.74, 6) is 0.355. The van der Waals surface area contributed by atoms with Gasteiger partial charge >= 0.3 is 0 Å². The standard InChI is InChI=1S/C26H29N5O4/c27-24-21-25(29-15-28-24)31(16-30-21)26(23(34)22(33)20(14-32)35-26)13-7-12-19(17-8-3-1-4-9-17)18-10-5-2-6-11-18/h1-6,8-11,15-16,19-20,22-23,32-34H,7,12-14H2,(H2,27,28,29)/t20-,22-,23-,26-/m1/s1. The second-order valence-electron chi connectivity index (χ2n) is 8.93. The molecule has 4 aromatic rings. The van der Waals surface area contributed by atoms with Crippen molar-refractivity contribution in [3.8, 4) is 0 Å². The van der Waals surface area contributed by atoms with E-state index in [9.17, 15) is 15.3 Å². The number of aliphatic hydroxyl groups excluding tert-OH is 3. The fourth-order valence-electron chi connectivity index (χ4n) is 5.13. The Kier molecular flexibility index (Phi) is 6.48. The maximum absolute atomic E-state index is 11.2. The van der Waals surface area contributed by atoms with Crippen LogP contribution in [0.1, 0.15) is 36.3 Å². The van der Waals surface area contributed by atoms with Crippen molar-refractivity contribution in [1.29, 1.82) is 0 Å². The van der Waals surface area contributed by atoms with Gasteiger partial charge in [0.25, 0.3) is 0 Å². The number of nitrogens with zero attached hydrogens (tertiary/aromatic N) is 4. The number of fused-ring (bicyclic) bond motifs is 1. The highest BCUT2D eigenvalue weighted by atomic mass is 16.6. The van der Waals surface area contributed by atoms with Crippen LogP contribution in [-0.4, -0.2) is 59.8 Å². The monoisotopic (exact) mass is 475 g/mol. The second-order valence-corrected chi connectivity index (χ2v) is 8.93. The van der Waals surface area contributed by atoms with Gasteiger partial charge in [-0.05, 0) is 30.4 Å². The minimum Gasteiger partial charge on any atom is -0.394 e. The molecule has 0 spiro atoms. The molecule has 1 saturated heterocycles. The molecule has 35 heavy (non-hydrogen) atoms. The average molecular weight is 476 g/mol. The van der Waals surface area contributed by atoms with E-state index in [1.165, 1.54) is 23.8 Å². The van der Waals surface area contributed by atoms with Gasteiger partial charge in [0.05, 0.1) is 12.9 Å². The van der Waals surface area contributed by atoms with Crippen molar-refractivity contribution in [2.75, 3.05) is 12.3 Å². The molecule has 0 aliphatic carbocycles. The lowest BCUT2D eigenvalue weighted by atomic mass is 9.85. The predicted octanol–water partition coefficient (Wildman–Crippen LogP) is 2.18. The van der Waals surface area contributed by atoms with Crippen LogP contribution < -0.4 is 5.73 Å². The molecule has 2 aromatic heterocycles. The van der Waals surface area contributed by atoms with Crippen LogP contribution in [0.5, 0.6) is 0 Å². The van der Waals surface area contributed by atoms with Crippen LogP contribution in [-0.2, 0) is 10.5 Å². The zero-order valence-corrected chi connectivity index (χ0v) is 19.2. The van der Waals surface area contributed by atoms with Crippen LogP contribution in [0.15, 0.2) is 73.3 Å². The largest absolute Gasteiger partial charge is 0.394 e. The Morgan fingerprint density at radius 2 is 1.63 bits per heavy atom. The number of aliphatic hydroxyl groups is 3. The maximum atomic E-state index is 11.2. The van der Waals surface area contributed by atoms with Crippen LogP contribution in [0.2, 0.25) is 0 Å². The third kappa shape index (κ3) is 4.17. The number of nitrogen functional groups attached to an aromatic ring is 1. The highest BCUT2D eigenvalue weighted by molar-refractivity contribution is 5.81. The molecule has 9 nitrogen and oxygen atoms in total. The Balaban J connectivity index is 1.48. The Hall–Kier alpha value is -3.37. The summed E-state index contributed by atoms with van der Waals surface area (Å²) < 4.78 is 7.80. The smallest absolute Gasteiger partial charge is 0.176 e. The van der Waals surface area contributed by atoms with Gasteiger partial charge in [0.2, 0.25) is 0 Å². The van der Waals surface area contributed by atoms with Gasteiger partial charge < -0.3 is 25.8 Å². The Morgan fingerprint density at radius 1 is 0.971 bits per heavy atom. The second kappa shape index (κ2) is 9.71. The summed E-state index contributed by atoms with van der Waals surface area (Å²) in [4.78, 5) is 12.6. The topological polar surface area (TPSA) is 140 Å². The van der Waals surface area contributed by atoms with Crippen LogP contribution >= 0.6 is 0 Å². The molecule has 0 amide bonds. The van der Waals surface area contributed by atoms with Gasteiger partial charge in [-0.2, -0.15) is 0 Å². The van der Waals surface area contributed by atoms with E-state index < -0.39 is 30.6 Å². The molecule has 5 rings (SSSR count). The van der Waals surface area contributed by atoms with Crippen LogP contribution in [0.3, 0.4) is 0 Å². The van der Waals surface area contributed by atoms with Crippen molar-refractivity contribution in [2.45, 2.75) is 49.2 Å². The number of rotatable bonds is 8. The minimum atomic E-state index is -1.37. The summed E-state index contributed by atoms with van der Waals surface area (Å²) in [6, 6.07) is 20.6. The quantitative estimate of drug-likeness (QED) is 0.304. The van der Waals surface area contributed by atoms with Crippen LogP contribution in [0.25, 0.3) is 11.2 Å². The number of benzene rings is 2. The van der Waals surface area contributed by atoms with Crippen molar-refractivity contribution in [1.82, 2.24) is 19.5 Å². The van der Waals surface area contributed by atoms with E-state index in [2.05, 4.69) is 39.2 Å². The molecule has 9 heteroatoms. The summed E-state index contributed by atoms with van der Waals surface area (Å²) in [5.41, 5.74) is 7.77. The lowest BCUT2D eigenvalue weighted by Crippen LogP contribution is -2.45. The fraction of sp³-hybridized carbons (Fsp3) is 0.346. The summed E-state index contributed by atoms with van der Waals surface area (Å²) in [6.45, 7) is -0.430. The fourth-order valence-corrected chi connectivity index (χ4v) is 5.13. The molecule has 1 aliphatic rings. The van der Waals surface area contributed by atoms with E-state index in [1.807, 2.05) is 36.4 Å². The van der Waals surface area contributed by atoms with Crippen molar-refractivity contribution in [2.24, 2.45) is 0 Å². The maximum Gasteiger partial charge on any atom is 0.176 e. The molecule has 0 saturated carbocycles. The van der Waals surface area contributed by atoms with Gasteiger partial charge in [0.15, 0.2) is 17.2 Å². The van der Waals surface area contributed by atoms with Crippen LogP contribution in [0, 0.1) is 0 Å². The van der Waals surface area contributed by atoms with E-state index in [0.717, 1.165) is 6.42 Å². The van der Waals surface area contributed by atoms with Crippen molar-refractivity contribution in [3.63, 3.8) is 0 Å². The van der Waals surface area contributed by atoms with E-state index in [4.69, 9.17) is 10.5 Å². The Morgan fingerprint density at radius 3 is 2.23 bits per heavy atom. The van der Waals surface area contributed by atoms with Crippen LogP contribution in [0.4, 0.5) is 5.82 Å². The first-order valence-corrected chi connectivity index (χ1v) is 11.7. The number of hydrogen-bond donors (Lipinski definition) is 4. The van der Waals surface area contributed by atoms with E-state index >= 15 is 0 Å². The molecule has 4 atom stereocenters. The van der Waals surface area contributed by atoms with Gasteiger partial charge in [-0.15, -0.1) is 0 Å². The highest BCUT2D eigenvalue weighted by Crippen LogP contribution is 2.42. The van der Waals surface area contributed by atoms with Gasteiger partial charge in [-0.1, -0.05) is 60.7 Å². The van der Waals surface area contributed by atoms with E-state index in [-0.39, 0.29) is 11.7 Å². The molecule has 1 fully saturated rings. The van der Waals surface area contributed by atoms with Crippen molar-refractivity contribution >= 4 is 17.0 Å². The third-order valence-electron chi connectivity index (χ3n) is 6.90. The summed E-state index contributed by atoms with van der Waals surface area (Å²) in [7, 11) is 0. The summed E-state index contributed by atoms with van der Waals surface area (Å²) >= 11 is 0. The first kappa shape index (κ1) is 23.4. The number of imidazole rings is 1. The molecule has 182 valence electrons. The van der Waals surface area contributed by atoms with Gasteiger partial charge in [0.1, 0.15) is 30.2 Å². The lowest BCUT2D eigenvalue weighted by molar-refractivity contribution is -0.151. The van der Waals surface area contributed by atoms with Gasteiger partial charge in [0, 0.05) is 5.92 Å². The minimum absolute atomic E-state index is 0.143. The zero-order valence-electron chi connectivity index (χ0n) is 19.2. The molecular weight excluding hydrogens is 446 g/mol. The number of nitrogens with two attached hydrogens (primary N) is 1. The molecular formula is C26H29N5O4. The molecule has 0 radical (unpaired) electrons. The molecule has 2 aromatic carbocycles. The van der Waals surface area contributed by atoms with Gasteiger partial charge in [-0.25, -0.2) is 15.0 Å². The third-order valence-corrected chi connectivity index (χ3v) is 6.90. The SMILES string of the molecule is Nc1ncnc2c1ncn2[C@]1(CCCC(c2ccccc2)c2ccccc2)O[C@H](CO)[C@@H](O)[C@H]1O. The Bertz CT molecular complexity index is 1230. The lowest BCUT2D eigenvalue weighted by Gasteiger charge is -2.34. The molecule has 3 heterocycles. The number of ether oxygens (including phenoxy) is 1. The number of anilines is 1. The van der Waals surface area contributed by atoms with E-state index in [0.29, 0.717) is 24.0 Å². The number of hydrogen-bond acceptors (Lipinski definition) is 8. The first-order chi connectivity index (χ1) is 17.0. The van der Waals surface area contributed by atoms with Gasteiger partial charge in [-0.3, -0.25) is 4.57 Å². The molecule has 1 aliphatic heterocycles. The van der Waals surface area contributed by atoms with Crippen molar-refractivity contribution in [3.05, 3.63) is 84.4 Å². The molecule has 0 unspecified atom stereocenters. The first-order valence-electron chi connectivity index (χ1n) is 11.7. The molecule has 5 N–H and O–H groups in total. The average Bonchev–Trinajstić information content (AvgIpc) is 3.44. The summed E-state index contributed by atoms with van der Waals surface area (Å²) in [6.07, 6.45) is 1.08. The highest BCUT2D eigenvalue weighted by Gasteiger charge is 2.55. The van der Waals surface area contributed by atoms with Crippen molar-refractivity contribution < 1.29 is 20.1 Å². The molecule has 0 bridgehead atoms. The summed E-state index contributed by atoms with van der Waals surface area (Å²) in [5, 5.41) is 31.6.